The number of para-hydroxylation sites is 1. The van der Waals surface area contributed by atoms with Crippen molar-refractivity contribution < 1.29 is 23.5 Å². The van der Waals surface area contributed by atoms with Crippen molar-refractivity contribution in [1.29, 1.82) is 0 Å². The largest absolute Gasteiger partial charge is 0.494 e. The average molecular weight is 498 g/mol. The molecule has 0 atom stereocenters. The van der Waals surface area contributed by atoms with Crippen LogP contribution in [0, 0.1) is 13.8 Å². The second-order valence-corrected chi connectivity index (χ2v) is 9.11. The molecule has 2 aromatic carbocycles. The quantitative estimate of drug-likeness (QED) is 0.210. The number of barbiturate groups is 1. The van der Waals surface area contributed by atoms with Crippen molar-refractivity contribution in [2.75, 3.05) is 6.61 Å². The second kappa shape index (κ2) is 10.2. The first-order chi connectivity index (χ1) is 17.9. The fourth-order valence-electron chi connectivity index (χ4n) is 4.57. The Hall–Kier alpha value is -4.59. The Kier molecular flexibility index (Phi) is 6.64. The van der Waals surface area contributed by atoms with Gasteiger partial charge in [-0.25, -0.2) is 4.79 Å². The molecule has 1 saturated heterocycles. The molecule has 1 N–H and O–H groups in total. The minimum absolute atomic E-state index is 0.0650. The van der Waals surface area contributed by atoms with Gasteiger partial charge in [0.2, 0.25) is 0 Å². The first-order valence-corrected chi connectivity index (χ1v) is 12.1. The smallest absolute Gasteiger partial charge is 0.331 e. The fourth-order valence-corrected chi connectivity index (χ4v) is 4.57. The maximum atomic E-state index is 13.1. The van der Waals surface area contributed by atoms with Gasteiger partial charge in [-0.1, -0.05) is 24.3 Å². The molecule has 4 amide bonds. The van der Waals surface area contributed by atoms with Gasteiger partial charge in [-0.15, -0.1) is 0 Å². The Morgan fingerprint density at radius 1 is 1.00 bits per heavy atom. The summed E-state index contributed by atoms with van der Waals surface area (Å²) in [5.74, 6) is -0.0826. The van der Waals surface area contributed by atoms with Gasteiger partial charge in [-0.05, 0) is 67.8 Å². The Balaban J connectivity index is 1.36. The van der Waals surface area contributed by atoms with Crippen molar-refractivity contribution in [2.24, 2.45) is 0 Å². The van der Waals surface area contributed by atoms with E-state index in [-0.39, 0.29) is 12.1 Å². The van der Waals surface area contributed by atoms with Gasteiger partial charge in [0.05, 0.1) is 19.4 Å². The van der Waals surface area contributed by atoms with E-state index in [1.165, 1.54) is 6.26 Å². The summed E-state index contributed by atoms with van der Waals surface area (Å²) in [5, 5.41) is 3.16. The number of hydrogen-bond acceptors (Lipinski definition) is 5. The van der Waals surface area contributed by atoms with Crippen LogP contribution < -0.4 is 10.1 Å². The van der Waals surface area contributed by atoms with E-state index in [9.17, 15) is 14.4 Å². The molecule has 188 valence electrons. The van der Waals surface area contributed by atoms with Gasteiger partial charge in [0.25, 0.3) is 11.8 Å². The molecule has 0 saturated carbocycles. The molecule has 37 heavy (non-hydrogen) atoms. The molecular weight excluding hydrogens is 470 g/mol. The summed E-state index contributed by atoms with van der Waals surface area (Å²) >= 11 is 0. The van der Waals surface area contributed by atoms with Gasteiger partial charge in [0.15, 0.2) is 0 Å². The lowest BCUT2D eigenvalue weighted by Gasteiger charge is -2.25. The molecule has 0 radical (unpaired) electrons. The van der Waals surface area contributed by atoms with E-state index in [4.69, 9.17) is 9.15 Å². The summed E-state index contributed by atoms with van der Waals surface area (Å²) in [6.07, 6.45) is 5.70. The third-order valence-corrected chi connectivity index (χ3v) is 6.21. The highest BCUT2D eigenvalue weighted by molar-refractivity contribution is 6.31. The number of aromatic nitrogens is 1. The minimum Gasteiger partial charge on any atom is -0.494 e. The Labute approximate surface area is 214 Å². The zero-order chi connectivity index (χ0) is 25.9. The highest BCUT2D eigenvalue weighted by Gasteiger charge is 2.36. The van der Waals surface area contributed by atoms with Gasteiger partial charge in [-0.2, -0.15) is 0 Å². The SMILES string of the molecule is Cc1cc(C)cc(OCCCn2cc(/C=C3/C(=O)NC(=O)N(Cc4ccco4)C3=O)c3ccccc32)c1. The van der Waals surface area contributed by atoms with Gasteiger partial charge in [0.1, 0.15) is 17.1 Å². The van der Waals surface area contributed by atoms with E-state index in [2.05, 4.69) is 16.0 Å². The van der Waals surface area contributed by atoms with Crippen molar-refractivity contribution in [3.63, 3.8) is 0 Å². The van der Waals surface area contributed by atoms with E-state index >= 15 is 0 Å². The molecule has 0 aliphatic carbocycles. The van der Waals surface area contributed by atoms with E-state index in [1.807, 2.05) is 56.4 Å². The lowest BCUT2D eigenvalue weighted by molar-refractivity contribution is -0.130. The van der Waals surface area contributed by atoms with Crippen LogP contribution in [0.15, 0.2) is 77.0 Å². The van der Waals surface area contributed by atoms with Crippen LogP contribution in [0.4, 0.5) is 4.79 Å². The summed E-state index contributed by atoms with van der Waals surface area (Å²) in [5.41, 5.74) is 3.92. The number of benzene rings is 2. The number of carbonyl (C=O) groups is 3. The number of amides is 4. The van der Waals surface area contributed by atoms with Crippen LogP contribution in [0.1, 0.15) is 28.9 Å². The molecule has 3 heterocycles. The number of ether oxygens (including phenoxy) is 1. The molecule has 0 spiro atoms. The number of aryl methyl sites for hydroxylation is 3. The first-order valence-electron chi connectivity index (χ1n) is 12.1. The van der Waals surface area contributed by atoms with Gasteiger partial charge >= 0.3 is 6.03 Å². The third kappa shape index (κ3) is 5.18. The molecule has 4 aromatic rings. The van der Waals surface area contributed by atoms with Crippen LogP contribution >= 0.6 is 0 Å². The summed E-state index contributed by atoms with van der Waals surface area (Å²) < 4.78 is 13.3. The molecule has 1 fully saturated rings. The molecule has 1 aliphatic heterocycles. The summed E-state index contributed by atoms with van der Waals surface area (Å²) in [7, 11) is 0. The summed E-state index contributed by atoms with van der Waals surface area (Å²) in [6.45, 7) is 5.27. The van der Waals surface area contributed by atoms with Gasteiger partial charge < -0.3 is 13.7 Å². The van der Waals surface area contributed by atoms with Crippen LogP contribution in [0.25, 0.3) is 17.0 Å². The Morgan fingerprint density at radius 2 is 1.78 bits per heavy atom. The molecule has 0 unspecified atom stereocenters. The van der Waals surface area contributed by atoms with E-state index in [0.29, 0.717) is 18.9 Å². The molecule has 2 aromatic heterocycles. The van der Waals surface area contributed by atoms with E-state index in [0.717, 1.165) is 44.7 Å². The second-order valence-electron chi connectivity index (χ2n) is 9.11. The van der Waals surface area contributed by atoms with Crippen LogP contribution in [-0.4, -0.2) is 33.9 Å². The maximum Gasteiger partial charge on any atom is 0.331 e. The number of hydrogen-bond donors (Lipinski definition) is 1. The first kappa shape index (κ1) is 24.1. The molecule has 0 bridgehead atoms. The predicted molar refractivity (Wildman–Crippen MR) is 139 cm³/mol. The van der Waals surface area contributed by atoms with Gasteiger partial charge in [-0.3, -0.25) is 19.8 Å². The van der Waals surface area contributed by atoms with E-state index < -0.39 is 17.8 Å². The molecule has 8 nitrogen and oxygen atoms in total. The Bertz CT molecular complexity index is 1490. The number of fused-ring (bicyclic) bond motifs is 1. The normalized spacial score (nSPS) is 15.0. The zero-order valence-electron chi connectivity index (χ0n) is 20.7. The van der Waals surface area contributed by atoms with E-state index in [1.54, 1.807) is 18.2 Å². The number of furan rings is 1. The Morgan fingerprint density at radius 3 is 2.54 bits per heavy atom. The lowest BCUT2D eigenvalue weighted by atomic mass is 10.1. The predicted octanol–water partition coefficient (Wildman–Crippen LogP) is 4.98. The summed E-state index contributed by atoms with van der Waals surface area (Å²) in [4.78, 5) is 39.0. The van der Waals surface area contributed by atoms with Crippen molar-refractivity contribution in [1.82, 2.24) is 14.8 Å². The number of nitrogens with zero attached hydrogens (tertiary/aromatic N) is 2. The number of urea groups is 1. The number of nitrogens with one attached hydrogen (secondary N) is 1. The van der Waals surface area contributed by atoms with Crippen molar-refractivity contribution in [3.05, 3.63) is 95.1 Å². The standard InChI is InChI=1S/C29H27N3O5/c1-19-13-20(2)15-23(14-19)37-12-6-10-31-17-21(24-8-3-4-9-26(24)31)16-25-27(33)30-29(35)32(28(25)34)18-22-7-5-11-36-22/h3-5,7-9,11,13-17H,6,10,12,18H2,1-2H3,(H,30,33,35)/b25-16-. The monoisotopic (exact) mass is 497 g/mol. The minimum atomic E-state index is -0.769. The van der Waals surface area contributed by atoms with Crippen molar-refractivity contribution in [2.45, 2.75) is 33.4 Å². The van der Waals surface area contributed by atoms with Crippen LogP contribution in [-0.2, 0) is 22.7 Å². The molecule has 8 heteroatoms. The lowest BCUT2D eigenvalue weighted by Crippen LogP contribution is -2.53. The van der Waals surface area contributed by atoms with Crippen molar-refractivity contribution >= 4 is 34.8 Å². The fraction of sp³-hybridized carbons (Fsp3) is 0.207. The molecule has 5 rings (SSSR count). The number of imide groups is 2. The highest BCUT2D eigenvalue weighted by Crippen LogP contribution is 2.26. The summed E-state index contributed by atoms with van der Waals surface area (Å²) in [6, 6.07) is 16.5. The molecular formula is C29H27N3O5. The number of rotatable bonds is 8. The highest BCUT2D eigenvalue weighted by atomic mass is 16.5. The van der Waals surface area contributed by atoms with Crippen LogP contribution in [0.5, 0.6) is 5.75 Å². The average Bonchev–Trinajstić information content (AvgIpc) is 3.50. The zero-order valence-corrected chi connectivity index (χ0v) is 20.7. The number of carbonyl (C=O) groups excluding carboxylic acids is 3. The topological polar surface area (TPSA) is 93.8 Å². The third-order valence-electron chi connectivity index (χ3n) is 6.21. The van der Waals surface area contributed by atoms with Gasteiger partial charge in [0, 0.05) is 29.2 Å². The van der Waals surface area contributed by atoms with Crippen LogP contribution in [0.3, 0.4) is 0 Å². The maximum absolute atomic E-state index is 13.1. The van der Waals surface area contributed by atoms with Crippen molar-refractivity contribution in [3.8, 4) is 5.75 Å². The molecule has 1 aliphatic rings. The van der Waals surface area contributed by atoms with Crippen LogP contribution in [0.2, 0.25) is 0 Å².